The summed E-state index contributed by atoms with van der Waals surface area (Å²) < 4.78 is 29.2. The van der Waals surface area contributed by atoms with Crippen molar-refractivity contribution in [1.29, 1.82) is 0 Å². The summed E-state index contributed by atoms with van der Waals surface area (Å²) in [5, 5.41) is 0. The summed E-state index contributed by atoms with van der Waals surface area (Å²) in [5.41, 5.74) is 0.387. The van der Waals surface area contributed by atoms with Crippen molar-refractivity contribution in [2.45, 2.75) is 20.4 Å². The third kappa shape index (κ3) is 3.89. The summed E-state index contributed by atoms with van der Waals surface area (Å²) in [6.45, 7) is 3.92. The molecule has 0 radical (unpaired) electrons. The molecule has 0 aromatic carbocycles. The van der Waals surface area contributed by atoms with Gasteiger partial charge in [0.1, 0.15) is 5.69 Å². The van der Waals surface area contributed by atoms with E-state index in [1.807, 2.05) is 0 Å². The van der Waals surface area contributed by atoms with E-state index < -0.39 is 15.8 Å². The van der Waals surface area contributed by atoms with Gasteiger partial charge in [0.05, 0.1) is 12.4 Å². The fraction of sp³-hybridized carbons (Fsp3) is 0.545. The number of hydrogen-bond acceptors (Lipinski definition) is 4. The van der Waals surface area contributed by atoms with Crippen molar-refractivity contribution in [1.82, 2.24) is 4.57 Å². The van der Waals surface area contributed by atoms with E-state index in [-0.39, 0.29) is 18.1 Å². The molecule has 17 heavy (non-hydrogen) atoms. The summed E-state index contributed by atoms with van der Waals surface area (Å²) >= 11 is 0. The van der Waals surface area contributed by atoms with E-state index in [0.717, 1.165) is 0 Å². The Kier molecular flexibility index (Phi) is 4.74. The number of hydrogen-bond donors (Lipinski definition) is 0. The van der Waals surface area contributed by atoms with Gasteiger partial charge >= 0.3 is 5.97 Å². The topological polar surface area (TPSA) is 65.4 Å². The number of carbonyl (C=O) groups is 1. The second-order valence-corrected chi connectivity index (χ2v) is 6.02. The molecule has 1 aromatic rings. The lowest BCUT2D eigenvalue weighted by atomic mass is 10.4. The Balaban J connectivity index is 2.73. The van der Waals surface area contributed by atoms with Gasteiger partial charge in [-0.25, -0.2) is 13.2 Å². The van der Waals surface area contributed by atoms with Crippen LogP contribution in [0.2, 0.25) is 0 Å². The number of carbonyl (C=O) groups excluding carboxylic acids is 1. The molecule has 0 aliphatic heterocycles. The first kappa shape index (κ1) is 13.8. The monoisotopic (exact) mass is 259 g/mol. The van der Waals surface area contributed by atoms with Gasteiger partial charge in [-0.1, -0.05) is 6.92 Å². The largest absolute Gasteiger partial charge is 0.461 e. The minimum absolute atomic E-state index is 0.0323. The second-order valence-electron chi connectivity index (χ2n) is 3.54. The van der Waals surface area contributed by atoms with E-state index in [0.29, 0.717) is 12.3 Å². The summed E-state index contributed by atoms with van der Waals surface area (Å²) in [6.07, 6.45) is 1.68. The zero-order chi connectivity index (χ0) is 12.9. The van der Waals surface area contributed by atoms with Crippen molar-refractivity contribution in [2.75, 3.05) is 18.1 Å². The molecule has 0 N–H and O–H groups in total. The normalized spacial score (nSPS) is 11.4. The minimum atomic E-state index is -3.02. The average molecular weight is 259 g/mol. The SMILES string of the molecule is CCOC(=O)c1cccn1CCS(=O)(=O)CC. The Morgan fingerprint density at radius 1 is 1.41 bits per heavy atom. The Bertz CT molecular complexity index is 475. The van der Waals surface area contributed by atoms with E-state index in [2.05, 4.69) is 0 Å². The first-order valence-electron chi connectivity index (χ1n) is 5.53. The summed E-state index contributed by atoms with van der Waals surface area (Å²) in [5.74, 6) is -0.278. The molecule has 1 aromatic heterocycles. The smallest absolute Gasteiger partial charge is 0.354 e. The molecule has 0 amide bonds. The van der Waals surface area contributed by atoms with Crippen LogP contribution < -0.4 is 0 Å². The molecule has 5 nitrogen and oxygen atoms in total. The van der Waals surface area contributed by atoms with Crippen LogP contribution in [0.15, 0.2) is 18.3 Å². The van der Waals surface area contributed by atoms with Gasteiger partial charge in [-0.15, -0.1) is 0 Å². The average Bonchev–Trinajstić information content (AvgIpc) is 2.75. The highest BCUT2D eigenvalue weighted by molar-refractivity contribution is 7.91. The summed E-state index contributed by atoms with van der Waals surface area (Å²) in [4.78, 5) is 11.5. The van der Waals surface area contributed by atoms with E-state index >= 15 is 0 Å². The number of nitrogens with zero attached hydrogens (tertiary/aromatic N) is 1. The molecule has 1 rings (SSSR count). The predicted molar refractivity (Wildman–Crippen MR) is 64.7 cm³/mol. The lowest BCUT2D eigenvalue weighted by molar-refractivity contribution is 0.0514. The molecule has 0 saturated carbocycles. The van der Waals surface area contributed by atoms with Crippen molar-refractivity contribution in [3.8, 4) is 0 Å². The van der Waals surface area contributed by atoms with Crippen LogP contribution in [0.25, 0.3) is 0 Å². The summed E-state index contributed by atoms with van der Waals surface area (Å²) in [7, 11) is -3.02. The number of aryl methyl sites for hydroxylation is 1. The van der Waals surface area contributed by atoms with Gasteiger partial charge in [0.2, 0.25) is 0 Å². The van der Waals surface area contributed by atoms with Crippen molar-refractivity contribution < 1.29 is 17.9 Å². The molecule has 0 unspecified atom stereocenters. The summed E-state index contributed by atoms with van der Waals surface area (Å²) in [6, 6.07) is 3.32. The highest BCUT2D eigenvalue weighted by Crippen LogP contribution is 2.05. The van der Waals surface area contributed by atoms with Crippen LogP contribution in [0.5, 0.6) is 0 Å². The molecule has 6 heteroatoms. The van der Waals surface area contributed by atoms with Gasteiger partial charge in [0.25, 0.3) is 0 Å². The maximum Gasteiger partial charge on any atom is 0.354 e. The molecule has 0 bridgehead atoms. The van der Waals surface area contributed by atoms with Crippen molar-refractivity contribution in [2.24, 2.45) is 0 Å². The molecule has 0 fully saturated rings. The van der Waals surface area contributed by atoms with Gasteiger partial charge in [-0.3, -0.25) is 0 Å². The molecule has 0 aliphatic rings. The Hall–Kier alpha value is -1.30. The molecular formula is C11H17NO4S. The van der Waals surface area contributed by atoms with Gasteiger partial charge < -0.3 is 9.30 Å². The van der Waals surface area contributed by atoms with Crippen LogP contribution in [-0.2, 0) is 21.1 Å². The first-order valence-corrected chi connectivity index (χ1v) is 7.35. The van der Waals surface area contributed by atoms with Crippen molar-refractivity contribution in [3.05, 3.63) is 24.0 Å². The van der Waals surface area contributed by atoms with Crippen LogP contribution in [-0.4, -0.2) is 37.1 Å². The van der Waals surface area contributed by atoms with Crippen LogP contribution in [0.4, 0.5) is 0 Å². The van der Waals surface area contributed by atoms with E-state index in [1.54, 1.807) is 36.7 Å². The quantitative estimate of drug-likeness (QED) is 0.718. The zero-order valence-electron chi connectivity index (χ0n) is 10.0. The van der Waals surface area contributed by atoms with Crippen LogP contribution in [0.3, 0.4) is 0 Å². The first-order chi connectivity index (χ1) is 8.00. The second kappa shape index (κ2) is 5.86. The number of esters is 1. The van der Waals surface area contributed by atoms with E-state index in [4.69, 9.17) is 4.74 Å². The third-order valence-corrected chi connectivity index (χ3v) is 4.08. The fourth-order valence-electron chi connectivity index (χ4n) is 1.38. The van der Waals surface area contributed by atoms with Gasteiger partial charge in [-0.05, 0) is 19.1 Å². The lowest BCUT2D eigenvalue weighted by Crippen LogP contribution is -2.18. The molecule has 96 valence electrons. The Labute approximate surface area is 101 Å². The van der Waals surface area contributed by atoms with E-state index in [1.165, 1.54) is 0 Å². The maximum atomic E-state index is 11.5. The predicted octanol–water partition coefficient (Wildman–Crippen LogP) is 1.10. The standard InChI is InChI=1S/C11H17NO4S/c1-3-16-11(13)10-6-5-7-12(10)8-9-17(14,15)4-2/h5-7H,3-4,8-9H2,1-2H3. The van der Waals surface area contributed by atoms with Gasteiger partial charge in [0.15, 0.2) is 9.84 Å². The third-order valence-electron chi connectivity index (χ3n) is 2.40. The molecule has 0 spiro atoms. The minimum Gasteiger partial charge on any atom is -0.461 e. The van der Waals surface area contributed by atoms with Gasteiger partial charge in [-0.2, -0.15) is 0 Å². The van der Waals surface area contributed by atoms with Crippen LogP contribution >= 0.6 is 0 Å². The molecule has 0 atom stereocenters. The number of rotatable bonds is 6. The lowest BCUT2D eigenvalue weighted by Gasteiger charge is -2.08. The number of sulfone groups is 1. The molecule has 1 heterocycles. The van der Waals surface area contributed by atoms with Crippen LogP contribution in [0.1, 0.15) is 24.3 Å². The highest BCUT2D eigenvalue weighted by atomic mass is 32.2. The van der Waals surface area contributed by atoms with Crippen molar-refractivity contribution >= 4 is 15.8 Å². The van der Waals surface area contributed by atoms with Crippen molar-refractivity contribution in [3.63, 3.8) is 0 Å². The number of ether oxygens (including phenoxy) is 1. The van der Waals surface area contributed by atoms with E-state index in [9.17, 15) is 13.2 Å². The van der Waals surface area contributed by atoms with Gasteiger partial charge in [0, 0.05) is 18.5 Å². The highest BCUT2D eigenvalue weighted by Gasteiger charge is 2.14. The molecule has 0 saturated heterocycles. The Morgan fingerprint density at radius 3 is 2.71 bits per heavy atom. The number of aromatic nitrogens is 1. The molecule has 0 aliphatic carbocycles. The molecular weight excluding hydrogens is 242 g/mol. The zero-order valence-corrected chi connectivity index (χ0v) is 10.9. The fourth-order valence-corrected chi connectivity index (χ4v) is 2.14. The Morgan fingerprint density at radius 2 is 2.12 bits per heavy atom. The maximum absolute atomic E-state index is 11.5. The van der Waals surface area contributed by atoms with Crippen LogP contribution in [0, 0.1) is 0 Å².